The van der Waals surface area contributed by atoms with Crippen LogP contribution < -0.4 is 5.32 Å². The highest BCUT2D eigenvalue weighted by atomic mass is 35.5. The summed E-state index contributed by atoms with van der Waals surface area (Å²) in [5.74, 6) is -0.231. The average molecular weight is 326 g/mol. The zero-order chi connectivity index (χ0) is 15.1. The Labute approximate surface area is 133 Å². The number of hydrogen-bond donors (Lipinski definition) is 1. The Balaban J connectivity index is 1.98. The Bertz CT molecular complexity index is 594. The molecule has 0 unspecified atom stereocenters. The van der Waals surface area contributed by atoms with Gasteiger partial charge in [0.2, 0.25) is 0 Å². The summed E-state index contributed by atoms with van der Waals surface area (Å²) < 4.78 is 18.1. The zero-order valence-corrected chi connectivity index (χ0v) is 13.3. The van der Waals surface area contributed by atoms with Crippen LogP contribution in [0.25, 0.3) is 0 Å². The summed E-state index contributed by atoms with van der Waals surface area (Å²) in [6.07, 6.45) is 0. The number of rotatable bonds is 7. The molecule has 1 N–H and O–H groups in total. The van der Waals surface area contributed by atoms with Crippen LogP contribution in [-0.2, 0) is 11.3 Å². The molecule has 2 nitrogen and oxygen atoms in total. The van der Waals surface area contributed by atoms with Gasteiger partial charge in [0.05, 0.1) is 6.61 Å². The van der Waals surface area contributed by atoms with Gasteiger partial charge in [-0.05, 0) is 35.9 Å². The van der Waals surface area contributed by atoms with Crippen LogP contribution in [0.15, 0.2) is 52.3 Å². The summed E-state index contributed by atoms with van der Waals surface area (Å²) in [4.78, 5) is 1.85. The molecule has 0 saturated carbocycles. The lowest BCUT2D eigenvalue weighted by atomic mass is 10.2. The van der Waals surface area contributed by atoms with Crippen molar-refractivity contribution in [2.45, 2.75) is 16.3 Å². The van der Waals surface area contributed by atoms with Crippen molar-refractivity contribution in [3.8, 4) is 0 Å². The number of ether oxygens (including phenoxy) is 1. The van der Waals surface area contributed by atoms with Gasteiger partial charge in [-0.15, -0.1) is 0 Å². The smallest absolute Gasteiger partial charge is 0.124 e. The van der Waals surface area contributed by atoms with E-state index in [4.69, 9.17) is 16.3 Å². The van der Waals surface area contributed by atoms with Gasteiger partial charge in [0.1, 0.15) is 5.82 Å². The van der Waals surface area contributed by atoms with Crippen LogP contribution in [0.4, 0.5) is 4.39 Å². The van der Waals surface area contributed by atoms with E-state index < -0.39 is 0 Å². The maximum absolute atomic E-state index is 13.2. The first-order chi connectivity index (χ1) is 10.2. The van der Waals surface area contributed by atoms with E-state index in [1.807, 2.05) is 24.3 Å². The normalized spacial score (nSPS) is 10.8. The fourth-order valence-corrected chi connectivity index (χ4v) is 3.01. The zero-order valence-electron chi connectivity index (χ0n) is 11.7. The van der Waals surface area contributed by atoms with Crippen LogP contribution >= 0.6 is 23.4 Å². The van der Waals surface area contributed by atoms with Crippen LogP contribution in [0.3, 0.4) is 0 Å². The molecular weight excluding hydrogens is 309 g/mol. The minimum absolute atomic E-state index is 0.231. The van der Waals surface area contributed by atoms with E-state index >= 15 is 0 Å². The maximum Gasteiger partial charge on any atom is 0.124 e. The molecule has 0 aliphatic heterocycles. The first-order valence-corrected chi connectivity index (χ1v) is 7.80. The molecule has 0 aliphatic carbocycles. The second-order valence-corrected chi connectivity index (χ2v) is 6.04. The Morgan fingerprint density at radius 1 is 1.19 bits per heavy atom. The number of nitrogens with one attached hydrogen (secondary N) is 1. The van der Waals surface area contributed by atoms with Crippen LogP contribution in [0, 0.1) is 5.82 Å². The monoisotopic (exact) mass is 325 g/mol. The summed E-state index contributed by atoms with van der Waals surface area (Å²) in [6.45, 7) is 2.16. The lowest BCUT2D eigenvalue weighted by Crippen LogP contribution is -2.18. The van der Waals surface area contributed by atoms with E-state index in [1.54, 1.807) is 13.2 Å². The van der Waals surface area contributed by atoms with E-state index in [0.717, 1.165) is 21.9 Å². The molecule has 0 saturated heterocycles. The minimum Gasteiger partial charge on any atom is -0.383 e. The summed E-state index contributed by atoms with van der Waals surface area (Å²) in [5.41, 5.74) is 1.04. The number of benzene rings is 2. The summed E-state index contributed by atoms with van der Waals surface area (Å²) in [7, 11) is 1.67. The molecule has 21 heavy (non-hydrogen) atoms. The molecule has 0 aromatic heterocycles. The minimum atomic E-state index is -0.231. The molecular formula is C16H17ClFNOS. The second kappa shape index (κ2) is 8.39. The Morgan fingerprint density at radius 3 is 2.71 bits per heavy atom. The van der Waals surface area contributed by atoms with Crippen molar-refractivity contribution >= 4 is 23.4 Å². The molecule has 0 fully saturated rings. The predicted molar refractivity (Wildman–Crippen MR) is 85.6 cm³/mol. The van der Waals surface area contributed by atoms with Gasteiger partial charge in [-0.2, -0.15) is 0 Å². The second-order valence-electron chi connectivity index (χ2n) is 4.48. The first kappa shape index (κ1) is 16.3. The molecule has 0 bridgehead atoms. The maximum atomic E-state index is 13.2. The Kier molecular flexibility index (Phi) is 6.51. The largest absolute Gasteiger partial charge is 0.383 e. The van der Waals surface area contributed by atoms with Crippen molar-refractivity contribution in [3.63, 3.8) is 0 Å². The van der Waals surface area contributed by atoms with Gasteiger partial charge >= 0.3 is 0 Å². The van der Waals surface area contributed by atoms with Crippen molar-refractivity contribution in [1.29, 1.82) is 0 Å². The van der Waals surface area contributed by atoms with Crippen LogP contribution in [0.2, 0.25) is 5.02 Å². The highest BCUT2D eigenvalue weighted by Crippen LogP contribution is 2.31. The average Bonchev–Trinajstić information content (AvgIpc) is 2.45. The van der Waals surface area contributed by atoms with E-state index in [1.165, 1.54) is 23.9 Å². The van der Waals surface area contributed by atoms with Crippen molar-refractivity contribution in [1.82, 2.24) is 5.32 Å². The molecule has 2 rings (SSSR count). The van der Waals surface area contributed by atoms with Gasteiger partial charge in [0, 0.05) is 35.0 Å². The number of halogens is 2. The molecule has 0 spiro atoms. The van der Waals surface area contributed by atoms with Crippen molar-refractivity contribution < 1.29 is 9.13 Å². The number of hydrogen-bond acceptors (Lipinski definition) is 3. The van der Waals surface area contributed by atoms with Gasteiger partial charge in [0.15, 0.2) is 0 Å². The summed E-state index contributed by atoms with van der Waals surface area (Å²) in [5, 5.41) is 3.96. The van der Waals surface area contributed by atoms with Crippen molar-refractivity contribution in [3.05, 3.63) is 58.9 Å². The highest BCUT2D eigenvalue weighted by Gasteiger charge is 2.04. The third-order valence-corrected chi connectivity index (χ3v) is 4.19. The highest BCUT2D eigenvalue weighted by molar-refractivity contribution is 7.99. The van der Waals surface area contributed by atoms with E-state index in [-0.39, 0.29) is 5.82 Å². The quantitative estimate of drug-likeness (QED) is 0.764. The molecule has 5 heteroatoms. The Morgan fingerprint density at radius 2 is 2.00 bits per heavy atom. The fourth-order valence-electron chi connectivity index (χ4n) is 1.80. The van der Waals surface area contributed by atoms with E-state index in [9.17, 15) is 4.39 Å². The molecule has 0 radical (unpaired) electrons. The number of methoxy groups -OCH3 is 1. The lowest BCUT2D eigenvalue weighted by molar-refractivity contribution is 0.199. The standard InChI is InChI=1S/C16H17ClFNOS/c1-20-8-7-19-11-12-5-6-15(10-16(12)17)21-14-4-2-3-13(18)9-14/h2-6,9-10,19H,7-8,11H2,1H3. The van der Waals surface area contributed by atoms with Gasteiger partial charge in [-0.25, -0.2) is 4.39 Å². The molecule has 0 amide bonds. The molecule has 112 valence electrons. The summed E-state index contributed by atoms with van der Waals surface area (Å²) >= 11 is 7.77. The lowest BCUT2D eigenvalue weighted by Gasteiger charge is -2.08. The molecule has 0 heterocycles. The molecule has 2 aromatic rings. The topological polar surface area (TPSA) is 21.3 Å². The van der Waals surface area contributed by atoms with Gasteiger partial charge < -0.3 is 10.1 Å². The molecule has 2 aromatic carbocycles. The van der Waals surface area contributed by atoms with Crippen molar-refractivity contribution in [2.75, 3.05) is 20.3 Å². The van der Waals surface area contributed by atoms with Gasteiger partial charge in [-0.3, -0.25) is 0 Å². The van der Waals surface area contributed by atoms with Gasteiger partial charge in [0.25, 0.3) is 0 Å². The van der Waals surface area contributed by atoms with Crippen LogP contribution in [-0.4, -0.2) is 20.3 Å². The van der Waals surface area contributed by atoms with E-state index in [2.05, 4.69) is 5.32 Å². The van der Waals surface area contributed by atoms with E-state index in [0.29, 0.717) is 18.2 Å². The first-order valence-electron chi connectivity index (χ1n) is 6.60. The SMILES string of the molecule is COCCNCc1ccc(Sc2cccc(F)c2)cc1Cl. The van der Waals surface area contributed by atoms with Gasteiger partial charge in [-0.1, -0.05) is 35.5 Å². The third kappa shape index (κ3) is 5.32. The molecule has 0 atom stereocenters. The third-order valence-electron chi connectivity index (χ3n) is 2.85. The van der Waals surface area contributed by atoms with Crippen molar-refractivity contribution in [2.24, 2.45) is 0 Å². The van der Waals surface area contributed by atoms with Crippen LogP contribution in [0.1, 0.15) is 5.56 Å². The fraction of sp³-hybridized carbons (Fsp3) is 0.250. The predicted octanol–water partition coefficient (Wildman–Crippen LogP) is 4.37. The van der Waals surface area contributed by atoms with Crippen LogP contribution in [0.5, 0.6) is 0 Å². The summed E-state index contributed by atoms with van der Waals surface area (Å²) in [6, 6.07) is 12.4. The Hall–Kier alpha value is -1.07. The molecule has 0 aliphatic rings.